The van der Waals surface area contributed by atoms with Crippen LogP contribution in [0.5, 0.6) is 17.2 Å². The number of para-hydroxylation sites is 1. The van der Waals surface area contributed by atoms with E-state index in [1.807, 2.05) is 13.0 Å². The number of aliphatic hydroxyl groups excluding tert-OH is 1. The van der Waals surface area contributed by atoms with Crippen molar-refractivity contribution in [2.75, 3.05) is 34.5 Å². The molecule has 0 saturated carbocycles. The zero-order chi connectivity index (χ0) is 24.4. The first-order chi connectivity index (χ1) is 16.4. The highest BCUT2D eigenvalue weighted by Crippen LogP contribution is 2.46. The molecule has 4 rings (SSSR count). The Balaban J connectivity index is 1.87. The Morgan fingerprint density at radius 3 is 2.65 bits per heavy atom. The van der Waals surface area contributed by atoms with Crippen LogP contribution in [0.4, 0.5) is 0 Å². The number of ketones is 1. The van der Waals surface area contributed by atoms with E-state index in [4.69, 9.17) is 18.9 Å². The first-order valence-electron chi connectivity index (χ1n) is 11.2. The first-order valence-corrected chi connectivity index (χ1v) is 11.2. The monoisotopic (exact) mass is 467 g/mol. The number of Topliss-reactive ketones (excluding diaryl/α,β-unsaturated/α-hetero) is 1. The van der Waals surface area contributed by atoms with E-state index in [1.165, 1.54) is 19.1 Å². The number of hydrogen-bond donors (Lipinski definition) is 1. The molecule has 180 valence electrons. The van der Waals surface area contributed by atoms with Gasteiger partial charge < -0.3 is 29.0 Å². The molecule has 2 aromatic carbocycles. The van der Waals surface area contributed by atoms with Crippen LogP contribution in [0.2, 0.25) is 0 Å². The summed E-state index contributed by atoms with van der Waals surface area (Å²) in [5.41, 5.74) is 1.97. The molecule has 2 atom stereocenters. The molecular weight excluding hydrogens is 438 g/mol. The largest absolute Gasteiger partial charge is 0.507 e. The van der Waals surface area contributed by atoms with Crippen molar-refractivity contribution < 1.29 is 33.6 Å². The van der Waals surface area contributed by atoms with Crippen LogP contribution in [-0.2, 0) is 20.7 Å². The SMILES string of the molecule is COCCCN1C(=O)C(=O)/C(=C(/O)c2ccc3c(c2)CC(C)O3)C1c1cccc(OC)c1OC. The molecule has 8 nitrogen and oxygen atoms in total. The standard InChI is InChI=1S/C26H29NO7/c1-15-13-17-14-16(9-10-19(17)34-15)23(28)21-22(18-7-5-8-20(32-3)25(18)33-4)27(11-6-12-31-2)26(30)24(21)29/h5,7-10,14-15,22,28H,6,11-13H2,1-4H3/b23-21+. The molecule has 8 heteroatoms. The fraction of sp³-hybridized carbons (Fsp3) is 0.385. The minimum atomic E-state index is -0.842. The summed E-state index contributed by atoms with van der Waals surface area (Å²) in [6.07, 6.45) is 1.27. The molecule has 0 aromatic heterocycles. The molecule has 34 heavy (non-hydrogen) atoms. The zero-order valence-corrected chi connectivity index (χ0v) is 19.8. The van der Waals surface area contributed by atoms with E-state index in [2.05, 4.69) is 0 Å². The summed E-state index contributed by atoms with van der Waals surface area (Å²) >= 11 is 0. The summed E-state index contributed by atoms with van der Waals surface area (Å²) in [5.74, 6) is -0.0256. The molecule has 0 spiro atoms. The summed E-state index contributed by atoms with van der Waals surface area (Å²) in [6.45, 7) is 2.67. The minimum absolute atomic E-state index is 0.0147. The fourth-order valence-corrected chi connectivity index (χ4v) is 4.67. The Morgan fingerprint density at radius 1 is 1.15 bits per heavy atom. The van der Waals surface area contributed by atoms with Gasteiger partial charge in [-0.25, -0.2) is 0 Å². The van der Waals surface area contributed by atoms with Crippen LogP contribution < -0.4 is 14.2 Å². The molecule has 2 unspecified atom stereocenters. The molecule has 0 bridgehead atoms. The van der Waals surface area contributed by atoms with Gasteiger partial charge >= 0.3 is 0 Å². The van der Waals surface area contributed by atoms with Gasteiger partial charge in [0.25, 0.3) is 11.7 Å². The fourth-order valence-electron chi connectivity index (χ4n) is 4.67. The smallest absolute Gasteiger partial charge is 0.295 e. The predicted octanol–water partition coefficient (Wildman–Crippen LogP) is 3.49. The van der Waals surface area contributed by atoms with Gasteiger partial charge in [0.2, 0.25) is 0 Å². The van der Waals surface area contributed by atoms with Crippen molar-refractivity contribution in [2.24, 2.45) is 0 Å². The number of fused-ring (bicyclic) bond motifs is 1. The van der Waals surface area contributed by atoms with Gasteiger partial charge in [-0.3, -0.25) is 9.59 Å². The number of benzene rings is 2. The second-order valence-corrected chi connectivity index (χ2v) is 8.38. The minimum Gasteiger partial charge on any atom is -0.507 e. The molecule has 1 saturated heterocycles. The number of likely N-dealkylation sites (tertiary alicyclic amines) is 1. The predicted molar refractivity (Wildman–Crippen MR) is 125 cm³/mol. The average Bonchev–Trinajstić information content (AvgIpc) is 3.33. The van der Waals surface area contributed by atoms with Crippen LogP contribution >= 0.6 is 0 Å². The summed E-state index contributed by atoms with van der Waals surface area (Å²) in [5, 5.41) is 11.4. The van der Waals surface area contributed by atoms with Crippen LogP contribution in [0.25, 0.3) is 5.76 Å². The third-order valence-corrected chi connectivity index (χ3v) is 6.18. The van der Waals surface area contributed by atoms with Crippen LogP contribution in [0.15, 0.2) is 42.0 Å². The lowest BCUT2D eigenvalue weighted by atomic mass is 9.93. The highest BCUT2D eigenvalue weighted by atomic mass is 16.5. The van der Waals surface area contributed by atoms with Crippen LogP contribution in [0.3, 0.4) is 0 Å². The van der Waals surface area contributed by atoms with Crippen molar-refractivity contribution in [3.8, 4) is 17.2 Å². The second-order valence-electron chi connectivity index (χ2n) is 8.38. The number of carbonyl (C=O) groups excluding carboxylic acids is 2. The molecule has 2 aliphatic heterocycles. The zero-order valence-electron chi connectivity index (χ0n) is 19.8. The van der Waals surface area contributed by atoms with Gasteiger partial charge in [-0.15, -0.1) is 0 Å². The number of methoxy groups -OCH3 is 3. The molecule has 1 N–H and O–H groups in total. The van der Waals surface area contributed by atoms with Crippen molar-refractivity contribution in [3.05, 3.63) is 58.7 Å². The van der Waals surface area contributed by atoms with E-state index in [-0.39, 0.29) is 24.0 Å². The van der Waals surface area contributed by atoms with Crippen molar-refractivity contribution in [1.82, 2.24) is 4.90 Å². The van der Waals surface area contributed by atoms with E-state index >= 15 is 0 Å². The maximum Gasteiger partial charge on any atom is 0.295 e. The lowest BCUT2D eigenvalue weighted by molar-refractivity contribution is -0.140. The normalized spacial score (nSPS) is 20.9. The lowest BCUT2D eigenvalue weighted by Crippen LogP contribution is -2.31. The number of nitrogens with zero attached hydrogens (tertiary/aromatic N) is 1. The molecular formula is C26H29NO7. The van der Waals surface area contributed by atoms with Crippen molar-refractivity contribution >= 4 is 17.4 Å². The lowest BCUT2D eigenvalue weighted by Gasteiger charge is -2.27. The Bertz CT molecular complexity index is 1140. The van der Waals surface area contributed by atoms with E-state index < -0.39 is 17.7 Å². The molecule has 2 aliphatic rings. The van der Waals surface area contributed by atoms with Gasteiger partial charge in [-0.2, -0.15) is 0 Å². The van der Waals surface area contributed by atoms with Crippen molar-refractivity contribution in [1.29, 1.82) is 0 Å². The molecule has 0 radical (unpaired) electrons. The van der Waals surface area contributed by atoms with Crippen molar-refractivity contribution in [3.63, 3.8) is 0 Å². The topological polar surface area (TPSA) is 94.5 Å². The Kier molecular flexibility index (Phi) is 6.79. The van der Waals surface area contributed by atoms with E-state index in [9.17, 15) is 14.7 Å². The third kappa shape index (κ3) is 4.09. The van der Waals surface area contributed by atoms with Gasteiger partial charge in [0, 0.05) is 37.8 Å². The molecule has 1 amide bonds. The van der Waals surface area contributed by atoms with E-state index in [0.717, 1.165) is 11.3 Å². The highest BCUT2D eigenvalue weighted by Gasteiger charge is 2.47. The van der Waals surface area contributed by atoms with Crippen LogP contribution in [0, 0.1) is 0 Å². The van der Waals surface area contributed by atoms with E-state index in [1.54, 1.807) is 37.4 Å². The Hall–Kier alpha value is -3.52. The Labute approximate surface area is 198 Å². The average molecular weight is 468 g/mol. The molecule has 2 heterocycles. The number of amides is 1. The maximum absolute atomic E-state index is 13.2. The highest BCUT2D eigenvalue weighted by molar-refractivity contribution is 6.46. The number of hydrogen-bond acceptors (Lipinski definition) is 7. The summed E-state index contributed by atoms with van der Waals surface area (Å²) < 4.78 is 21.9. The van der Waals surface area contributed by atoms with Gasteiger partial charge in [0.15, 0.2) is 11.5 Å². The second kappa shape index (κ2) is 9.77. The van der Waals surface area contributed by atoms with Gasteiger partial charge in [-0.1, -0.05) is 12.1 Å². The van der Waals surface area contributed by atoms with Gasteiger partial charge in [-0.05, 0) is 43.2 Å². The number of aliphatic hydroxyl groups is 1. The van der Waals surface area contributed by atoms with Gasteiger partial charge in [0.1, 0.15) is 17.6 Å². The van der Waals surface area contributed by atoms with Crippen LogP contribution in [0.1, 0.15) is 36.1 Å². The van der Waals surface area contributed by atoms with Gasteiger partial charge in [0.05, 0.1) is 25.8 Å². The van der Waals surface area contributed by atoms with E-state index in [0.29, 0.717) is 42.1 Å². The quantitative estimate of drug-likeness (QED) is 0.275. The number of rotatable bonds is 8. The summed E-state index contributed by atoms with van der Waals surface area (Å²) in [7, 11) is 4.60. The summed E-state index contributed by atoms with van der Waals surface area (Å²) in [6, 6.07) is 9.72. The Morgan fingerprint density at radius 2 is 1.94 bits per heavy atom. The molecule has 2 aromatic rings. The van der Waals surface area contributed by atoms with Crippen molar-refractivity contribution in [2.45, 2.75) is 31.9 Å². The summed E-state index contributed by atoms with van der Waals surface area (Å²) in [4.78, 5) is 27.8. The first kappa shape index (κ1) is 23.6. The third-order valence-electron chi connectivity index (χ3n) is 6.18. The molecule has 0 aliphatic carbocycles. The number of ether oxygens (including phenoxy) is 4. The van der Waals surface area contributed by atoms with Crippen LogP contribution in [-0.4, -0.2) is 62.3 Å². The number of carbonyl (C=O) groups is 2. The molecule has 1 fully saturated rings. The maximum atomic E-state index is 13.2.